The molecule has 104 valence electrons. The number of nitrogens with one attached hydrogen (secondary N) is 1. The van der Waals surface area contributed by atoms with E-state index in [-0.39, 0.29) is 0 Å². The van der Waals surface area contributed by atoms with Gasteiger partial charge in [0.05, 0.1) is 5.69 Å². The molecule has 0 saturated carbocycles. The molecule has 1 aliphatic heterocycles. The summed E-state index contributed by atoms with van der Waals surface area (Å²) in [7, 11) is 0. The van der Waals surface area contributed by atoms with Crippen LogP contribution in [0.25, 0.3) is 0 Å². The van der Waals surface area contributed by atoms with E-state index < -0.39 is 0 Å². The number of benzene rings is 1. The summed E-state index contributed by atoms with van der Waals surface area (Å²) in [6, 6.07) is 17.4. The predicted octanol–water partition coefficient (Wildman–Crippen LogP) is 2.10. The first kappa shape index (κ1) is 13.3. The summed E-state index contributed by atoms with van der Waals surface area (Å²) < 4.78 is 0. The smallest absolute Gasteiger partial charge is 0.0543 e. The van der Waals surface area contributed by atoms with Crippen LogP contribution in [0.2, 0.25) is 0 Å². The van der Waals surface area contributed by atoms with Gasteiger partial charge in [0, 0.05) is 38.4 Å². The van der Waals surface area contributed by atoms with Crippen molar-refractivity contribution in [2.24, 2.45) is 0 Å². The lowest BCUT2D eigenvalue weighted by Crippen LogP contribution is -2.51. The van der Waals surface area contributed by atoms with Crippen molar-refractivity contribution in [1.82, 2.24) is 15.2 Å². The van der Waals surface area contributed by atoms with E-state index in [4.69, 9.17) is 0 Å². The number of piperazine rings is 1. The van der Waals surface area contributed by atoms with Gasteiger partial charge >= 0.3 is 0 Å². The lowest BCUT2D eigenvalue weighted by atomic mass is 10.0. The third-order valence-corrected chi connectivity index (χ3v) is 3.78. The maximum absolute atomic E-state index is 4.42. The molecule has 3 nitrogen and oxygen atoms in total. The second kappa shape index (κ2) is 6.64. The summed E-state index contributed by atoms with van der Waals surface area (Å²) in [4.78, 5) is 6.91. The number of rotatable bonds is 4. The van der Waals surface area contributed by atoms with Gasteiger partial charge < -0.3 is 5.32 Å². The van der Waals surface area contributed by atoms with E-state index in [2.05, 4.69) is 57.7 Å². The van der Waals surface area contributed by atoms with E-state index in [1.807, 2.05) is 12.3 Å². The Bertz CT molecular complexity index is 465. The average molecular weight is 267 g/mol. The van der Waals surface area contributed by atoms with E-state index >= 15 is 0 Å². The summed E-state index contributed by atoms with van der Waals surface area (Å²) >= 11 is 0. The van der Waals surface area contributed by atoms with Crippen LogP contribution < -0.4 is 5.32 Å². The highest BCUT2D eigenvalue weighted by Crippen LogP contribution is 2.09. The van der Waals surface area contributed by atoms with Crippen LogP contribution in [0.1, 0.15) is 11.3 Å². The monoisotopic (exact) mass is 267 g/mol. The molecule has 20 heavy (non-hydrogen) atoms. The third-order valence-electron chi connectivity index (χ3n) is 3.78. The first-order valence-corrected chi connectivity index (χ1v) is 7.30. The Morgan fingerprint density at radius 3 is 2.75 bits per heavy atom. The van der Waals surface area contributed by atoms with Crippen LogP contribution in [0.5, 0.6) is 0 Å². The Kier molecular flexibility index (Phi) is 4.41. The zero-order chi connectivity index (χ0) is 13.6. The Balaban J connectivity index is 1.57. The summed E-state index contributed by atoms with van der Waals surface area (Å²) in [5.41, 5.74) is 2.57. The van der Waals surface area contributed by atoms with E-state index in [9.17, 15) is 0 Å². The maximum atomic E-state index is 4.42. The largest absolute Gasteiger partial charge is 0.311 e. The van der Waals surface area contributed by atoms with E-state index in [1.165, 1.54) is 5.56 Å². The molecule has 1 unspecified atom stereocenters. The Morgan fingerprint density at radius 1 is 1.10 bits per heavy atom. The first-order valence-electron chi connectivity index (χ1n) is 7.30. The fourth-order valence-electron chi connectivity index (χ4n) is 2.79. The summed E-state index contributed by atoms with van der Waals surface area (Å²) in [5.74, 6) is 0. The van der Waals surface area contributed by atoms with Crippen LogP contribution in [0.4, 0.5) is 0 Å². The number of hydrogen-bond donors (Lipinski definition) is 1. The molecule has 0 bridgehead atoms. The van der Waals surface area contributed by atoms with Gasteiger partial charge in [-0.2, -0.15) is 0 Å². The molecule has 1 aromatic carbocycles. The van der Waals surface area contributed by atoms with Crippen LogP contribution in [0.3, 0.4) is 0 Å². The minimum atomic E-state index is 0.537. The Morgan fingerprint density at radius 2 is 1.95 bits per heavy atom. The number of aromatic nitrogens is 1. The van der Waals surface area contributed by atoms with Gasteiger partial charge in [-0.25, -0.2) is 0 Å². The summed E-state index contributed by atoms with van der Waals surface area (Å²) in [5, 5.41) is 3.62. The zero-order valence-corrected chi connectivity index (χ0v) is 11.7. The van der Waals surface area contributed by atoms with E-state index in [0.717, 1.165) is 38.3 Å². The standard InChI is InChI=1S/C17H21N3/c1-2-6-15(7-3-1)12-17-14-20(11-10-19-17)13-16-8-4-5-9-18-16/h1-9,17,19H,10-14H2. The Hall–Kier alpha value is -1.71. The molecule has 3 rings (SSSR count). The zero-order valence-electron chi connectivity index (χ0n) is 11.7. The first-order chi connectivity index (χ1) is 9.90. The average Bonchev–Trinajstić information content (AvgIpc) is 2.50. The van der Waals surface area contributed by atoms with Crippen LogP contribution in [0, 0.1) is 0 Å². The van der Waals surface area contributed by atoms with Gasteiger partial charge in [-0.05, 0) is 24.1 Å². The molecule has 1 atom stereocenters. The maximum Gasteiger partial charge on any atom is 0.0543 e. The molecule has 0 amide bonds. The van der Waals surface area contributed by atoms with Gasteiger partial charge in [0.25, 0.3) is 0 Å². The van der Waals surface area contributed by atoms with Crippen LogP contribution in [-0.2, 0) is 13.0 Å². The lowest BCUT2D eigenvalue weighted by molar-refractivity contribution is 0.190. The van der Waals surface area contributed by atoms with Crippen LogP contribution in [-0.4, -0.2) is 35.6 Å². The molecular weight excluding hydrogens is 246 g/mol. The van der Waals surface area contributed by atoms with Gasteiger partial charge in [0.1, 0.15) is 0 Å². The summed E-state index contributed by atoms with van der Waals surface area (Å²) in [6.45, 7) is 4.20. The van der Waals surface area contributed by atoms with Crippen LogP contribution >= 0.6 is 0 Å². The minimum Gasteiger partial charge on any atom is -0.311 e. The molecule has 1 saturated heterocycles. The molecular formula is C17H21N3. The highest BCUT2D eigenvalue weighted by Gasteiger charge is 2.19. The van der Waals surface area contributed by atoms with Gasteiger partial charge in [0.15, 0.2) is 0 Å². The quantitative estimate of drug-likeness (QED) is 0.919. The van der Waals surface area contributed by atoms with Crippen molar-refractivity contribution >= 4 is 0 Å². The molecule has 2 aromatic rings. The van der Waals surface area contributed by atoms with Crippen molar-refractivity contribution in [3.8, 4) is 0 Å². The topological polar surface area (TPSA) is 28.2 Å². The minimum absolute atomic E-state index is 0.537. The molecule has 3 heteroatoms. The van der Waals surface area contributed by atoms with Gasteiger partial charge in [-0.3, -0.25) is 9.88 Å². The van der Waals surface area contributed by atoms with Crippen molar-refractivity contribution in [3.63, 3.8) is 0 Å². The lowest BCUT2D eigenvalue weighted by Gasteiger charge is -2.33. The van der Waals surface area contributed by atoms with E-state index in [1.54, 1.807) is 0 Å². The molecule has 0 spiro atoms. The van der Waals surface area contributed by atoms with E-state index in [0.29, 0.717) is 6.04 Å². The number of hydrogen-bond acceptors (Lipinski definition) is 3. The molecule has 1 aromatic heterocycles. The molecule has 1 aliphatic rings. The van der Waals surface area contributed by atoms with Gasteiger partial charge in [-0.15, -0.1) is 0 Å². The number of pyridine rings is 1. The van der Waals surface area contributed by atoms with Crippen molar-refractivity contribution in [2.75, 3.05) is 19.6 Å². The van der Waals surface area contributed by atoms with Gasteiger partial charge in [-0.1, -0.05) is 36.4 Å². The van der Waals surface area contributed by atoms with Crippen LogP contribution in [0.15, 0.2) is 54.7 Å². The Labute approximate surface area is 120 Å². The highest BCUT2D eigenvalue weighted by molar-refractivity contribution is 5.16. The number of nitrogens with zero attached hydrogens (tertiary/aromatic N) is 2. The highest BCUT2D eigenvalue weighted by atomic mass is 15.2. The fourth-order valence-corrected chi connectivity index (χ4v) is 2.79. The third kappa shape index (κ3) is 3.65. The van der Waals surface area contributed by atoms with Crippen molar-refractivity contribution in [3.05, 3.63) is 66.0 Å². The van der Waals surface area contributed by atoms with Crippen molar-refractivity contribution in [2.45, 2.75) is 19.0 Å². The second-order valence-corrected chi connectivity index (χ2v) is 5.40. The molecule has 0 radical (unpaired) electrons. The molecule has 0 aliphatic carbocycles. The van der Waals surface area contributed by atoms with Gasteiger partial charge in [0.2, 0.25) is 0 Å². The summed E-state index contributed by atoms with van der Waals surface area (Å²) in [6.07, 6.45) is 2.97. The fraction of sp³-hybridized carbons (Fsp3) is 0.353. The second-order valence-electron chi connectivity index (χ2n) is 5.40. The molecule has 1 N–H and O–H groups in total. The SMILES string of the molecule is c1ccc(CC2CN(Cc3ccccn3)CCN2)cc1. The predicted molar refractivity (Wildman–Crippen MR) is 81.5 cm³/mol. The molecule has 1 fully saturated rings. The normalized spacial score (nSPS) is 19.9. The van der Waals surface area contributed by atoms with Crippen molar-refractivity contribution in [1.29, 1.82) is 0 Å². The van der Waals surface area contributed by atoms with Crippen molar-refractivity contribution < 1.29 is 0 Å². The molecule has 2 heterocycles.